The molecule has 0 amide bonds. The molecule has 1 aromatic carbocycles. The highest BCUT2D eigenvalue weighted by atomic mass is 19.3. The lowest BCUT2D eigenvalue weighted by Crippen LogP contribution is -2.11. The van der Waals surface area contributed by atoms with Crippen molar-refractivity contribution >= 4 is 0 Å². The summed E-state index contributed by atoms with van der Waals surface area (Å²) < 4.78 is 28.2. The van der Waals surface area contributed by atoms with Gasteiger partial charge in [0.25, 0.3) is 0 Å². The van der Waals surface area contributed by atoms with Crippen molar-refractivity contribution in [2.75, 3.05) is 0 Å². The molecule has 0 bridgehead atoms. The first-order valence-corrected chi connectivity index (χ1v) is 5.79. The molecule has 1 atom stereocenters. The molecular weight excluding hydrogens is 224 g/mol. The smallest absolute Gasteiger partial charge is 0.387 e. The average Bonchev–Trinajstić information content (AvgIpc) is 2.26. The Labute approximate surface area is 101 Å². The van der Waals surface area contributed by atoms with E-state index in [4.69, 9.17) is 5.73 Å². The fourth-order valence-electron chi connectivity index (χ4n) is 1.58. The zero-order valence-corrected chi connectivity index (χ0v) is 10.2. The summed E-state index contributed by atoms with van der Waals surface area (Å²) in [6, 6.07) is 6.48. The van der Waals surface area contributed by atoms with Crippen molar-refractivity contribution in [3.63, 3.8) is 0 Å². The van der Waals surface area contributed by atoms with Crippen LogP contribution in [0.2, 0.25) is 0 Å². The maximum atomic E-state index is 11.9. The number of halogens is 2. The van der Waals surface area contributed by atoms with Crippen LogP contribution in [0.1, 0.15) is 38.3 Å². The molecule has 4 heteroatoms. The van der Waals surface area contributed by atoms with Gasteiger partial charge in [-0.05, 0) is 36.5 Å². The van der Waals surface area contributed by atoms with E-state index in [1.807, 2.05) is 0 Å². The molecule has 2 N–H and O–H groups in total. The molecule has 96 valence electrons. The number of ether oxygens (including phenoxy) is 1. The van der Waals surface area contributed by atoms with Gasteiger partial charge in [0.15, 0.2) is 0 Å². The van der Waals surface area contributed by atoms with Crippen LogP contribution in [0.5, 0.6) is 5.75 Å². The lowest BCUT2D eigenvalue weighted by molar-refractivity contribution is -0.0498. The topological polar surface area (TPSA) is 35.2 Å². The largest absolute Gasteiger partial charge is 0.435 e. The van der Waals surface area contributed by atoms with Crippen LogP contribution in [0.25, 0.3) is 0 Å². The first-order valence-electron chi connectivity index (χ1n) is 5.79. The van der Waals surface area contributed by atoms with Crippen LogP contribution in [0.15, 0.2) is 24.3 Å². The van der Waals surface area contributed by atoms with Gasteiger partial charge < -0.3 is 10.5 Å². The number of nitrogens with two attached hydrogens (primary N) is 1. The van der Waals surface area contributed by atoms with Crippen LogP contribution in [-0.2, 0) is 0 Å². The van der Waals surface area contributed by atoms with Gasteiger partial charge in [-0.2, -0.15) is 8.78 Å². The van der Waals surface area contributed by atoms with Crippen molar-refractivity contribution < 1.29 is 13.5 Å². The summed E-state index contributed by atoms with van der Waals surface area (Å²) in [6.45, 7) is 1.51. The third-order valence-corrected chi connectivity index (χ3v) is 2.59. The molecule has 2 nitrogen and oxygen atoms in total. The zero-order valence-electron chi connectivity index (χ0n) is 10.2. The summed E-state index contributed by atoms with van der Waals surface area (Å²) in [5.74, 6) is 0.780. The van der Waals surface area contributed by atoms with E-state index in [1.54, 1.807) is 12.1 Å². The SMILES string of the molecule is CC(C)CC[C@H](N)c1ccc(OC(F)F)cc1. The molecule has 0 aliphatic carbocycles. The maximum Gasteiger partial charge on any atom is 0.387 e. The average molecular weight is 243 g/mol. The van der Waals surface area contributed by atoms with E-state index in [2.05, 4.69) is 18.6 Å². The van der Waals surface area contributed by atoms with Gasteiger partial charge in [0.2, 0.25) is 0 Å². The van der Waals surface area contributed by atoms with Gasteiger partial charge in [0.1, 0.15) is 5.75 Å². The first-order chi connectivity index (χ1) is 7.99. The molecule has 0 radical (unpaired) electrons. The highest BCUT2D eigenvalue weighted by molar-refractivity contribution is 5.29. The van der Waals surface area contributed by atoms with Crippen LogP contribution >= 0.6 is 0 Å². The predicted molar refractivity (Wildman–Crippen MR) is 64.1 cm³/mol. The monoisotopic (exact) mass is 243 g/mol. The fourth-order valence-corrected chi connectivity index (χ4v) is 1.58. The van der Waals surface area contributed by atoms with Crippen molar-refractivity contribution in [2.45, 2.75) is 39.3 Å². The maximum absolute atomic E-state index is 11.9. The number of alkyl halides is 2. The molecule has 0 saturated heterocycles. The summed E-state index contributed by atoms with van der Waals surface area (Å²) in [4.78, 5) is 0. The lowest BCUT2D eigenvalue weighted by Gasteiger charge is -2.14. The second kappa shape index (κ2) is 6.55. The van der Waals surface area contributed by atoms with E-state index < -0.39 is 6.61 Å². The highest BCUT2D eigenvalue weighted by Gasteiger charge is 2.08. The molecule has 0 aliphatic heterocycles. The Morgan fingerprint density at radius 3 is 2.18 bits per heavy atom. The second-order valence-electron chi connectivity index (χ2n) is 4.53. The standard InChI is InChI=1S/C13H19F2NO/c1-9(2)3-8-12(16)10-4-6-11(7-5-10)17-13(14)15/h4-7,9,12-13H,3,8,16H2,1-2H3/t12-/m0/s1. The molecule has 1 aromatic rings. The molecule has 0 saturated carbocycles. The van der Waals surface area contributed by atoms with Crippen molar-refractivity contribution in [1.29, 1.82) is 0 Å². The van der Waals surface area contributed by atoms with Crippen molar-refractivity contribution in [2.24, 2.45) is 11.7 Å². The Hall–Kier alpha value is -1.16. The van der Waals surface area contributed by atoms with Crippen LogP contribution in [0.3, 0.4) is 0 Å². The normalized spacial score (nSPS) is 13.1. The summed E-state index contributed by atoms with van der Waals surface area (Å²) >= 11 is 0. The van der Waals surface area contributed by atoms with Crippen molar-refractivity contribution in [1.82, 2.24) is 0 Å². The van der Waals surface area contributed by atoms with E-state index in [0.29, 0.717) is 5.92 Å². The Balaban J connectivity index is 2.54. The molecule has 0 unspecified atom stereocenters. The fraction of sp³-hybridized carbons (Fsp3) is 0.538. The Morgan fingerprint density at radius 1 is 1.12 bits per heavy atom. The highest BCUT2D eigenvalue weighted by Crippen LogP contribution is 2.22. The first kappa shape index (κ1) is 13.9. The van der Waals surface area contributed by atoms with Gasteiger partial charge in [-0.15, -0.1) is 0 Å². The molecule has 0 spiro atoms. The van der Waals surface area contributed by atoms with Crippen LogP contribution in [0.4, 0.5) is 8.78 Å². The molecule has 1 rings (SSSR count). The number of hydrogen-bond acceptors (Lipinski definition) is 2. The summed E-state index contributed by atoms with van der Waals surface area (Å²) in [7, 11) is 0. The molecule has 0 fully saturated rings. The Kier molecular flexibility index (Phi) is 5.35. The van der Waals surface area contributed by atoms with Gasteiger partial charge in [0, 0.05) is 6.04 Å². The molecule has 0 aliphatic rings. The van der Waals surface area contributed by atoms with Gasteiger partial charge in [-0.3, -0.25) is 0 Å². The molecular formula is C13H19F2NO. The van der Waals surface area contributed by atoms with Crippen LogP contribution in [0, 0.1) is 5.92 Å². The number of hydrogen-bond donors (Lipinski definition) is 1. The molecule has 0 aromatic heterocycles. The van der Waals surface area contributed by atoms with Gasteiger partial charge in [0.05, 0.1) is 0 Å². The van der Waals surface area contributed by atoms with E-state index in [-0.39, 0.29) is 11.8 Å². The van der Waals surface area contributed by atoms with Gasteiger partial charge >= 0.3 is 6.61 Å². The molecule has 0 heterocycles. The van der Waals surface area contributed by atoms with E-state index in [1.165, 1.54) is 12.1 Å². The van der Waals surface area contributed by atoms with Crippen LogP contribution < -0.4 is 10.5 Å². The Bertz CT molecular complexity index is 325. The third kappa shape index (κ3) is 5.13. The van der Waals surface area contributed by atoms with Gasteiger partial charge in [-0.25, -0.2) is 0 Å². The third-order valence-electron chi connectivity index (χ3n) is 2.59. The van der Waals surface area contributed by atoms with E-state index in [0.717, 1.165) is 18.4 Å². The number of rotatable bonds is 6. The van der Waals surface area contributed by atoms with Crippen LogP contribution in [-0.4, -0.2) is 6.61 Å². The number of benzene rings is 1. The summed E-state index contributed by atoms with van der Waals surface area (Å²) in [5, 5.41) is 0. The Morgan fingerprint density at radius 2 is 1.71 bits per heavy atom. The lowest BCUT2D eigenvalue weighted by atomic mass is 9.98. The molecule has 17 heavy (non-hydrogen) atoms. The quantitative estimate of drug-likeness (QED) is 0.826. The van der Waals surface area contributed by atoms with E-state index in [9.17, 15) is 8.78 Å². The van der Waals surface area contributed by atoms with Crippen molar-refractivity contribution in [3.8, 4) is 5.75 Å². The minimum atomic E-state index is -2.78. The van der Waals surface area contributed by atoms with Gasteiger partial charge in [-0.1, -0.05) is 26.0 Å². The second-order valence-corrected chi connectivity index (χ2v) is 4.53. The summed E-state index contributed by atoms with van der Waals surface area (Å²) in [5.41, 5.74) is 6.96. The predicted octanol–water partition coefficient (Wildman–Crippen LogP) is 3.72. The van der Waals surface area contributed by atoms with E-state index >= 15 is 0 Å². The zero-order chi connectivity index (χ0) is 12.8. The minimum absolute atomic E-state index is 0.0435. The summed E-state index contributed by atoms with van der Waals surface area (Å²) in [6.07, 6.45) is 1.95. The minimum Gasteiger partial charge on any atom is -0.435 e. The van der Waals surface area contributed by atoms with Crippen molar-refractivity contribution in [3.05, 3.63) is 29.8 Å².